The van der Waals surface area contributed by atoms with Gasteiger partial charge in [-0.1, -0.05) is 44.5 Å². The van der Waals surface area contributed by atoms with Crippen molar-refractivity contribution in [2.45, 2.75) is 46.5 Å². The van der Waals surface area contributed by atoms with Crippen LogP contribution in [-0.2, 0) is 12.8 Å². The molecule has 3 aromatic carbocycles. The second kappa shape index (κ2) is 12.5. The Kier molecular flexibility index (Phi) is 8.85. The third-order valence-electron chi connectivity index (χ3n) is 5.93. The SMILES string of the molecule is CCCc1c(OCCCOc2cc(O)c(-c3nccs3)cc2CC)cccc1Oc1ccccc1C. The van der Waals surface area contributed by atoms with E-state index in [0.717, 1.165) is 63.8 Å². The molecular formula is C30H33NO4S. The fourth-order valence-corrected chi connectivity index (χ4v) is 4.70. The van der Waals surface area contributed by atoms with Crippen LogP contribution in [0.25, 0.3) is 10.6 Å². The number of aryl methyl sites for hydroxylation is 2. The summed E-state index contributed by atoms with van der Waals surface area (Å²) >= 11 is 1.51. The summed E-state index contributed by atoms with van der Waals surface area (Å²) in [7, 11) is 0. The zero-order valence-electron chi connectivity index (χ0n) is 21.1. The molecule has 4 aromatic rings. The van der Waals surface area contributed by atoms with Crippen molar-refractivity contribution in [2.24, 2.45) is 0 Å². The number of thiazole rings is 1. The van der Waals surface area contributed by atoms with Gasteiger partial charge in [0.05, 0.1) is 18.8 Å². The predicted molar refractivity (Wildman–Crippen MR) is 146 cm³/mol. The van der Waals surface area contributed by atoms with E-state index in [9.17, 15) is 5.11 Å². The molecule has 4 rings (SSSR count). The topological polar surface area (TPSA) is 60.8 Å². The van der Waals surface area contributed by atoms with Crippen molar-refractivity contribution in [1.29, 1.82) is 0 Å². The van der Waals surface area contributed by atoms with Gasteiger partial charge in [-0.2, -0.15) is 0 Å². The van der Waals surface area contributed by atoms with Crippen molar-refractivity contribution < 1.29 is 19.3 Å². The second-order valence-electron chi connectivity index (χ2n) is 8.57. The number of ether oxygens (including phenoxy) is 3. The first-order chi connectivity index (χ1) is 17.6. The monoisotopic (exact) mass is 503 g/mol. The maximum Gasteiger partial charge on any atom is 0.134 e. The first kappa shape index (κ1) is 25.6. The maximum atomic E-state index is 10.5. The van der Waals surface area contributed by atoms with Crippen LogP contribution < -0.4 is 14.2 Å². The predicted octanol–water partition coefficient (Wildman–Crippen LogP) is 7.98. The molecule has 0 aliphatic heterocycles. The number of phenolic OH excluding ortho intramolecular Hbond substituents is 1. The third kappa shape index (κ3) is 6.18. The molecule has 188 valence electrons. The number of benzene rings is 3. The Labute approximate surface area is 217 Å². The largest absolute Gasteiger partial charge is 0.507 e. The molecule has 0 fully saturated rings. The average Bonchev–Trinajstić information content (AvgIpc) is 3.42. The highest BCUT2D eigenvalue weighted by Gasteiger charge is 2.14. The van der Waals surface area contributed by atoms with Gasteiger partial charge in [0.2, 0.25) is 0 Å². The van der Waals surface area contributed by atoms with E-state index in [-0.39, 0.29) is 5.75 Å². The van der Waals surface area contributed by atoms with Crippen LogP contribution in [0.15, 0.2) is 66.2 Å². The Hall–Kier alpha value is -3.51. The highest BCUT2D eigenvalue weighted by Crippen LogP contribution is 2.37. The van der Waals surface area contributed by atoms with Crippen molar-refractivity contribution >= 4 is 11.3 Å². The van der Waals surface area contributed by atoms with Crippen LogP contribution in [0.2, 0.25) is 0 Å². The normalized spacial score (nSPS) is 10.9. The fourth-order valence-electron chi connectivity index (χ4n) is 4.04. The summed E-state index contributed by atoms with van der Waals surface area (Å²) in [6.45, 7) is 7.30. The number of phenols is 1. The van der Waals surface area contributed by atoms with Crippen molar-refractivity contribution in [3.05, 3.63) is 82.9 Å². The van der Waals surface area contributed by atoms with Crippen LogP contribution in [0.4, 0.5) is 0 Å². The molecule has 1 aromatic heterocycles. The van der Waals surface area contributed by atoms with Gasteiger partial charge in [0.15, 0.2) is 0 Å². The van der Waals surface area contributed by atoms with Crippen LogP contribution in [0.1, 0.15) is 43.4 Å². The van der Waals surface area contributed by atoms with Gasteiger partial charge >= 0.3 is 0 Å². The number of nitrogens with zero attached hydrogens (tertiary/aromatic N) is 1. The summed E-state index contributed by atoms with van der Waals surface area (Å²) in [6, 6.07) is 17.7. The Morgan fingerprint density at radius 2 is 1.64 bits per heavy atom. The average molecular weight is 504 g/mol. The molecule has 0 atom stereocenters. The molecule has 1 heterocycles. The first-order valence-corrected chi connectivity index (χ1v) is 13.3. The van der Waals surface area contributed by atoms with Gasteiger partial charge in [0.1, 0.15) is 33.8 Å². The highest BCUT2D eigenvalue weighted by atomic mass is 32.1. The summed E-state index contributed by atoms with van der Waals surface area (Å²) < 4.78 is 18.5. The van der Waals surface area contributed by atoms with Gasteiger partial charge in [-0.25, -0.2) is 4.98 Å². The van der Waals surface area contributed by atoms with Crippen molar-refractivity contribution in [3.63, 3.8) is 0 Å². The lowest BCUT2D eigenvalue weighted by atomic mass is 10.1. The third-order valence-corrected chi connectivity index (χ3v) is 6.74. The molecule has 0 saturated heterocycles. The van der Waals surface area contributed by atoms with Crippen LogP contribution in [0, 0.1) is 6.92 Å². The van der Waals surface area contributed by atoms with E-state index < -0.39 is 0 Å². The molecule has 0 saturated carbocycles. The summed E-state index contributed by atoms with van der Waals surface area (Å²) in [5, 5.41) is 13.2. The second-order valence-corrected chi connectivity index (χ2v) is 9.46. The van der Waals surface area contributed by atoms with Gasteiger partial charge in [-0.15, -0.1) is 11.3 Å². The molecule has 0 spiro atoms. The number of para-hydroxylation sites is 1. The molecule has 0 bridgehead atoms. The van der Waals surface area contributed by atoms with Crippen LogP contribution >= 0.6 is 11.3 Å². The summed E-state index contributed by atoms with van der Waals surface area (Å²) in [6.07, 6.45) is 5.13. The molecule has 0 radical (unpaired) electrons. The minimum Gasteiger partial charge on any atom is -0.507 e. The Balaban J connectivity index is 1.37. The van der Waals surface area contributed by atoms with E-state index in [1.165, 1.54) is 11.3 Å². The molecule has 1 N–H and O–H groups in total. The molecule has 0 amide bonds. The quantitative estimate of drug-likeness (QED) is 0.199. The van der Waals surface area contributed by atoms with Gasteiger partial charge in [0, 0.05) is 29.6 Å². The zero-order chi connectivity index (χ0) is 25.3. The summed E-state index contributed by atoms with van der Waals surface area (Å²) in [4.78, 5) is 4.31. The van der Waals surface area contributed by atoms with Gasteiger partial charge in [-0.3, -0.25) is 0 Å². The molecule has 0 unspecified atom stereocenters. The molecule has 36 heavy (non-hydrogen) atoms. The number of hydrogen-bond donors (Lipinski definition) is 1. The van der Waals surface area contributed by atoms with Crippen molar-refractivity contribution in [3.8, 4) is 39.3 Å². The van der Waals surface area contributed by atoms with E-state index in [4.69, 9.17) is 14.2 Å². The molecule has 5 nitrogen and oxygen atoms in total. The smallest absolute Gasteiger partial charge is 0.134 e. The minimum atomic E-state index is 0.183. The Morgan fingerprint density at radius 3 is 2.36 bits per heavy atom. The van der Waals surface area contributed by atoms with Gasteiger partial charge in [-0.05, 0) is 55.2 Å². The number of rotatable bonds is 12. The molecule has 0 aliphatic rings. The molecular weight excluding hydrogens is 470 g/mol. The van der Waals surface area contributed by atoms with Gasteiger partial charge in [0.25, 0.3) is 0 Å². The molecule has 0 aliphatic carbocycles. The van der Waals surface area contributed by atoms with Crippen molar-refractivity contribution in [1.82, 2.24) is 4.98 Å². The Morgan fingerprint density at radius 1 is 0.889 bits per heavy atom. The lowest BCUT2D eigenvalue weighted by Gasteiger charge is -2.17. The standard InChI is InChI=1S/C30H33NO4S/c1-4-10-23-27(13-8-14-28(23)35-26-12-7-6-11-21(26)3)33-16-9-17-34-29-20-25(32)24(19-22(29)5-2)30-31-15-18-36-30/h6-8,11-15,18-20,32H,4-5,9-10,16-17H2,1-3H3. The van der Waals surface area contributed by atoms with Crippen molar-refractivity contribution in [2.75, 3.05) is 13.2 Å². The van der Waals surface area contributed by atoms with E-state index in [2.05, 4.69) is 18.8 Å². The van der Waals surface area contributed by atoms with Crippen LogP contribution in [0.3, 0.4) is 0 Å². The molecule has 6 heteroatoms. The summed E-state index contributed by atoms with van der Waals surface area (Å²) in [5.41, 5.74) is 3.97. The zero-order valence-corrected chi connectivity index (χ0v) is 21.9. The van der Waals surface area contributed by atoms with E-state index >= 15 is 0 Å². The number of aromatic hydroxyl groups is 1. The Bertz CT molecular complexity index is 1270. The van der Waals surface area contributed by atoms with Crippen LogP contribution in [0.5, 0.6) is 28.7 Å². The number of hydrogen-bond acceptors (Lipinski definition) is 6. The van der Waals surface area contributed by atoms with Gasteiger partial charge < -0.3 is 19.3 Å². The highest BCUT2D eigenvalue weighted by molar-refractivity contribution is 7.13. The van der Waals surface area contributed by atoms with E-state index in [0.29, 0.717) is 25.4 Å². The number of aromatic nitrogens is 1. The fraction of sp³-hybridized carbons (Fsp3) is 0.300. The van der Waals surface area contributed by atoms with Crippen LogP contribution in [-0.4, -0.2) is 23.3 Å². The maximum absolute atomic E-state index is 10.5. The first-order valence-electron chi connectivity index (χ1n) is 12.5. The lowest BCUT2D eigenvalue weighted by Crippen LogP contribution is -2.07. The minimum absolute atomic E-state index is 0.183. The van der Waals surface area contributed by atoms with E-state index in [1.807, 2.05) is 60.8 Å². The summed E-state index contributed by atoms with van der Waals surface area (Å²) in [5.74, 6) is 3.43. The lowest BCUT2D eigenvalue weighted by molar-refractivity contribution is 0.244. The van der Waals surface area contributed by atoms with E-state index in [1.54, 1.807) is 12.3 Å².